The SMILES string of the molecule is ClCCCOc1ccc(-c2nc3ccc(Oc4ccc(Cl)cn4)cc3o2)cc1. The minimum Gasteiger partial charge on any atom is -0.494 e. The highest BCUT2D eigenvalue weighted by atomic mass is 35.5. The third-order valence-electron chi connectivity index (χ3n) is 3.93. The van der Waals surface area contributed by atoms with Crippen LogP contribution in [-0.2, 0) is 0 Å². The number of halogens is 2. The zero-order chi connectivity index (χ0) is 19.3. The van der Waals surface area contributed by atoms with Crippen molar-refractivity contribution >= 4 is 34.3 Å². The Labute approximate surface area is 171 Å². The van der Waals surface area contributed by atoms with Gasteiger partial charge in [0.1, 0.15) is 17.0 Å². The van der Waals surface area contributed by atoms with Crippen molar-refractivity contribution in [2.24, 2.45) is 0 Å². The zero-order valence-corrected chi connectivity index (χ0v) is 16.3. The maximum atomic E-state index is 5.90. The molecule has 4 rings (SSSR count). The number of hydrogen-bond acceptors (Lipinski definition) is 5. The summed E-state index contributed by atoms with van der Waals surface area (Å²) in [5.41, 5.74) is 2.24. The molecule has 0 amide bonds. The quantitative estimate of drug-likeness (QED) is 0.260. The van der Waals surface area contributed by atoms with Gasteiger partial charge in [0, 0.05) is 29.8 Å². The predicted molar refractivity (Wildman–Crippen MR) is 110 cm³/mol. The Hall–Kier alpha value is -2.76. The molecule has 0 bridgehead atoms. The highest BCUT2D eigenvalue weighted by Crippen LogP contribution is 2.29. The van der Waals surface area contributed by atoms with Gasteiger partial charge in [-0.1, -0.05) is 11.6 Å². The van der Waals surface area contributed by atoms with Gasteiger partial charge in [-0.05, 0) is 48.9 Å². The summed E-state index contributed by atoms with van der Waals surface area (Å²) in [5, 5.41) is 0.554. The lowest BCUT2D eigenvalue weighted by atomic mass is 10.2. The van der Waals surface area contributed by atoms with E-state index < -0.39 is 0 Å². The van der Waals surface area contributed by atoms with E-state index in [1.54, 1.807) is 18.2 Å². The predicted octanol–water partition coefficient (Wildman–Crippen LogP) is 6.34. The Balaban J connectivity index is 1.52. The lowest BCUT2D eigenvalue weighted by molar-refractivity contribution is 0.318. The van der Waals surface area contributed by atoms with Gasteiger partial charge in [0.25, 0.3) is 0 Å². The molecule has 0 aliphatic heterocycles. The molecule has 2 heterocycles. The van der Waals surface area contributed by atoms with Gasteiger partial charge in [0.2, 0.25) is 11.8 Å². The number of hydrogen-bond donors (Lipinski definition) is 0. The molecule has 7 heteroatoms. The van der Waals surface area contributed by atoms with E-state index in [0.29, 0.717) is 40.6 Å². The molecule has 0 fully saturated rings. The zero-order valence-electron chi connectivity index (χ0n) is 14.8. The topological polar surface area (TPSA) is 57.4 Å². The molecule has 5 nitrogen and oxygen atoms in total. The van der Waals surface area contributed by atoms with Crippen LogP contribution in [0.2, 0.25) is 5.02 Å². The van der Waals surface area contributed by atoms with Crippen LogP contribution in [0, 0.1) is 0 Å². The molecule has 0 saturated carbocycles. The first kappa shape index (κ1) is 18.6. The van der Waals surface area contributed by atoms with Crippen LogP contribution in [0.3, 0.4) is 0 Å². The first-order valence-electron chi connectivity index (χ1n) is 8.70. The van der Waals surface area contributed by atoms with Crippen LogP contribution in [0.15, 0.2) is 65.2 Å². The van der Waals surface area contributed by atoms with Crippen molar-refractivity contribution in [2.75, 3.05) is 12.5 Å². The van der Waals surface area contributed by atoms with Crippen LogP contribution in [0.25, 0.3) is 22.6 Å². The van der Waals surface area contributed by atoms with Gasteiger partial charge in [0.15, 0.2) is 5.58 Å². The van der Waals surface area contributed by atoms with Crippen molar-refractivity contribution in [2.45, 2.75) is 6.42 Å². The van der Waals surface area contributed by atoms with E-state index in [9.17, 15) is 0 Å². The molecule has 28 heavy (non-hydrogen) atoms. The molecular weight excluding hydrogens is 399 g/mol. The summed E-state index contributed by atoms with van der Waals surface area (Å²) < 4.78 is 17.2. The van der Waals surface area contributed by atoms with E-state index in [-0.39, 0.29) is 0 Å². The number of nitrogens with zero attached hydrogens (tertiary/aromatic N) is 2. The fraction of sp³-hybridized carbons (Fsp3) is 0.143. The van der Waals surface area contributed by atoms with Crippen molar-refractivity contribution < 1.29 is 13.9 Å². The molecule has 0 aliphatic carbocycles. The van der Waals surface area contributed by atoms with Gasteiger partial charge in [-0.3, -0.25) is 0 Å². The van der Waals surface area contributed by atoms with Crippen molar-refractivity contribution in [3.63, 3.8) is 0 Å². The average Bonchev–Trinajstić information content (AvgIpc) is 3.14. The summed E-state index contributed by atoms with van der Waals surface area (Å²) in [6.07, 6.45) is 2.34. The average molecular weight is 415 g/mol. The Morgan fingerprint density at radius 3 is 2.54 bits per heavy atom. The van der Waals surface area contributed by atoms with Crippen molar-refractivity contribution in [1.29, 1.82) is 0 Å². The summed E-state index contributed by atoms with van der Waals surface area (Å²) in [7, 11) is 0. The maximum absolute atomic E-state index is 5.90. The molecule has 0 N–H and O–H groups in total. The number of oxazole rings is 1. The minimum atomic E-state index is 0.452. The highest BCUT2D eigenvalue weighted by Gasteiger charge is 2.10. The molecular formula is C21H16Cl2N2O3. The van der Waals surface area contributed by atoms with Crippen LogP contribution in [-0.4, -0.2) is 22.5 Å². The van der Waals surface area contributed by atoms with Crippen LogP contribution >= 0.6 is 23.2 Å². The third kappa shape index (κ3) is 4.38. The number of ether oxygens (including phenoxy) is 2. The van der Waals surface area contributed by atoms with E-state index >= 15 is 0 Å². The second-order valence-corrected chi connectivity index (χ2v) is 6.80. The van der Waals surface area contributed by atoms with Crippen LogP contribution in [0.4, 0.5) is 0 Å². The van der Waals surface area contributed by atoms with Crippen LogP contribution < -0.4 is 9.47 Å². The molecule has 0 radical (unpaired) electrons. The Morgan fingerprint density at radius 2 is 1.79 bits per heavy atom. The van der Waals surface area contributed by atoms with E-state index in [1.807, 2.05) is 36.4 Å². The van der Waals surface area contributed by atoms with Crippen molar-refractivity contribution in [1.82, 2.24) is 9.97 Å². The molecule has 2 aromatic heterocycles. The summed E-state index contributed by atoms with van der Waals surface area (Å²) in [5.74, 6) is 2.96. The minimum absolute atomic E-state index is 0.452. The molecule has 0 saturated heterocycles. The number of alkyl halides is 1. The van der Waals surface area contributed by atoms with Gasteiger partial charge in [0.05, 0.1) is 11.6 Å². The third-order valence-corrected chi connectivity index (χ3v) is 4.42. The second-order valence-electron chi connectivity index (χ2n) is 5.98. The highest BCUT2D eigenvalue weighted by molar-refractivity contribution is 6.30. The number of aromatic nitrogens is 2. The monoisotopic (exact) mass is 414 g/mol. The van der Waals surface area contributed by atoms with Crippen molar-refractivity contribution in [3.05, 3.63) is 65.8 Å². The fourth-order valence-corrected chi connectivity index (χ4v) is 2.79. The lowest BCUT2D eigenvalue weighted by Gasteiger charge is -2.04. The molecule has 4 aromatic rings. The van der Waals surface area contributed by atoms with E-state index in [1.165, 1.54) is 6.20 Å². The van der Waals surface area contributed by atoms with Crippen molar-refractivity contribution in [3.8, 4) is 28.8 Å². The largest absolute Gasteiger partial charge is 0.494 e. The molecule has 0 unspecified atom stereocenters. The maximum Gasteiger partial charge on any atom is 0.227 e. The second kappa shape index (κ2) is 8.50. The Kier molecular flexibility index (Phi) is 5.65. The fourth-order valence-electron chi connectivity index (χ4n) is 2.57. The first-order valence-corrected chi connectivity index (χ1v) is 9.62. The number of fused-ring (bicyclic) bond motifs is 1. The Morgan fingerprint density at radius 1 is 0.964 bits per heavy atom. The van der Waals surface area contributed by atoms with Gasteiger partial charge in [-0.25, -0.2) is 9.97 Å². The summed E-state index contributed by atoms with van der Waals surface area (Å²) in [6.45, 7) is 0.594. The first-order chi connectivity index (χ1) is 13.7. The van der Waals surface area contributed by atoms with Gasteiger partial charge in [-0.15, -0.1) is 11.6 Å². The van der Waals surface area contributed by atoms with Crippen LogP contribution in [0.5, 0.6) is 17.4 Å². The standard InChI is InChI=1S/C21H16Cl2N2O3/c22-10-1-11-26-16-5-2-14(3-6-16)21-25-18-8-7-17(12-19(18)28-21)27-20-9-4-15(23)13-24-20/h2-9,12-13H,1,10-11H2. The van der Waals surface area contributed by atoms with E-state index in [0.717, 1.165) is 23.3 Å². The molecule has 0 atom stereocenters. The van der Waals surface area contributed by atoms with E-state index in [4.69, 9.17) is 37.1 Å². The Bertz CT molecular complexity index is 1060. The van der Waals surface area contributed by atoms with Crippen LogP contribution in [0.1, 0.15) is 6.42 Å². The number of benzene rings is 2. The van der Waals surface area contributed by atoms with Gasteiger partial charge < -0.3 is 13.9 Å². The molecule has 0 spiro atoms. The van der Waals surface area contributed by atoms with E-state index in [2.05, 4.69) is 9.97 Å². The smallest absolute Gasteiger partial charge is 0.227 e. The summed E-state index contributed by atoms with van der Waals surface area (Å²) in [4.78, 5) is 8.66. The lowest BCUT2D eigenvalue weighted by Crippen LogP contribution is -1.97. The number of rotatable bonds is 7. The summed E-state index contributed by atoms with van der Waals surface area (Å²) >= 11 is 11.5. The molecule has 142 valence electrons. The molecule has 2 aromatic carbocycles. The van der Waals surface area contributed by atoms with Gasteiger partial charge >= 0.3 is 0 Å². The summed E-state index contributed by atoms with van der Waals surface area (Å²) in [6, 6.07) is 16.5. The van der Waals surface area contributed by atoms with Gasteiger partial charge in [-0.2, -0.15) is 0 Å². The number of pyridine rings is 1. The normalized spacial score (nSPS) is 10.9. The molecule has 0 aliphatic rings.